The Bertz CT molecular complexity index is 759. The second-order valence-corrected chi connectivity index (χ2v) is 6.73. The van der Waals surface area contributed by atoms with Gasteiger partial charge in [-0.2, -0.15) is 5.10 Å². The normalized spacial score (nSPS) is 23.2. The third kappa shape index (κ3) is 3.35. The van der Waals surface area contributed by atoms with Crippen molar-refractivity contribution in [3.63, 3.8) is 0 Å². The van der Waals surface area contributed by atoms with Crippen molar-refractivity contribution in [1.29, 1.82) is 0 Å². The van der Waals surface area contributed by atoms with Gasteiger partial charge in [-0.25, -0.2) is 9.48 Å². The van der Waals surface area contributed by atoms with Gasteiger partial charge in [-0.05, 0) is 24.3 Å². The number of carbonyl (C=O) groups excluding carboxylic acids is 1. The fourth-order valence-corrected chi connectivity index (χ4v) is 3.42. The van der Waals surface area contributed by atoms with Gasteiger partial charge in [0.2, 0.25) is 0 Å². The molecule has 1 spiro atoms. The first-order valence-electron chi connectivity index (χ1n) is 8.22. The summed E-state index contributed by atoms with van der Waals surface area (Å²) >= 11 is 6.11. The molecular formula is C17H19ClN4O3. The molecule has 2 amide bonds. The van der Waals surface area contributed by atoms with Gasteiger partial charge in [-0.1, -0.05) is 11.6 Å². The highest BCUT2D eigenvalue weighted by molar-refractivity contribution is 6.30. The van der Waals surface area contributed by atoms with E-state index >= 15 is 0 Å². The fraction of sp³-hybridized carbons (Fsp3) is 0.412. The minimum absolute atomic E-state index is 0.162. The van der Waals surface area contributed by atoms with E-state index in [0.717, 1.165) is 12.1 Å². The molecule has 132 valence electrons. The van der Waals surface area contributed by atoms with Crippen LogP contribution in [-0.2, 0) is 9.47 Å². The van der Waals surface area contributed by atoms with Crippen LogP contribution >= 0.6 is 11.6 Å². The topological polar surface area (TPSA) is 68.6 Å². The first-order chi connectivity index (χ1) is 12.2. The molecule has 2 aliphatic heterocycles. The van der Waals surface area contributed by atoms with Crippen LogP contribution in [0.15, 0.2) is 36.7 Å². The quantitative estimate of drug-likeness (QED) is 0.891. The summed E-state index contributed by atoms with van der Waals surface area (Å²) in [5, 5.41) is 7.78. The first-order valence-corrected chi connectivity index (χ1v) is 8.60. The lowest BCUT2D eigenvalue weighted by atomic mass is 10.0. The van der Waals surface area contributed by atoms with Crippen molar-refractivity contribution in [2.24, 2.45) is 0 Å². The smallest absolute Gasteiger partial charge is 0.322 e. The summed E-state index contributed by atoms with van der Waals surface area (Å²) in [4.78, 5) is 14.5. The Labute approximate surface area is 150 Å². The van der Waals surface area contributed by atoms with Crippen LogP contribution in [0.25, 0.3) is 5.69 Å². The van der Waals surface area contributed by atoms with Gasteiger partial charge in [0.15, 0.2) is 0 Å². The summed E-state index contributed by atoms with van der Waals surface area (Å²) in [5.41, 5.74) is 1.01. The van der Waals surface area contributed by atoms with Crippen LogP contribution in [0.3, 0.4) is 0 Å². The third-order valence-electron chi connectivity index (χ3n) is 4.56. The largest absolute Gasteiger partial charge is 0.378 e. The Morgan fingerprint density at radius 2 is 2.28 bits per heavy atom. The number of morpholine rings is 1. The Morgan fingerprint density at radius 3 is 3.04 bits per heavy atom. The number of halogens is 1. The van der Waals surface area contributed by atoms with Crippen molar-refractivity contribution in [3.05, 3.63) is 41.7 Å². The zero-order valence-corrected chi connectivity index (χ0v) is 14.4. The zero-order chi connectivity index (χ0) is 17.3. The average molecular weight is 363 g/mol. The SMILES string of the molecule is O=C(Nc1ccc(Cl)cc1-n1cccn1)N1CCOC2(CCOC2)C1. The second kappa shape index (κ2) is 6.67. The van der Waals surface area contributed by atoms with Gasteiger partial charge >= 0.3 is 6.03 Å². The van der Waals surface area contributed by atoms with E-state index in [4.69, 9.17) is 21.1 Å². The molecule has 0 radical (unpaired) electrons. The summed E-state index contributed by atoms with van der Waals surface area (Å²) < 4.78 is 13.0. The summed E-state index contributed by atoms with van der Waals surface area (Å²) in [6.07, 6.45) is 4.30. The third-order valence-corrected chi connectivity index (χ3v) is 4.79. The van der Waals surface area contributed by atoms with E-state index in [1.54, 1.807) is 40.2 Å². The van der Waals surface area contributed by atoms with Gasteiger partial charge in [-0.3, -0.25) is 0 Å². The van der Waals surface area contributed by atoms with Crippen molar-refractivity contribution in [2.75, 3.05) is 38.2 Å². The van der Waals surface area contributed by atoms with Crippen LogP contribution in [0.4, 0.5) is 10.5 Å². The Morgan fingerprint density at radius 1 is 1.36 bits per heavy atom. The highest BCUT2D eigenvalue weighted by atomic mass is 35.5. The number of aromatic nitrogens is 2. The van der Waals surface area contributed by atoms with Gasteiger partial charge in [-0.15, -0.1) is 0 Å². The minimum Gasteiger partial charge on any atom is -0.378 e. The maximum Gasteiger partial charge on any atom is 0.322 e. The number of hydrogen-bond donors (Lipinski definition) is 1. The average Bonchev–Trinajstić information content (AvgIpc) is 3.29. The van der Waals surface area contributed by atoms with E-state index in [9.17, 15) is 4.79 Å². The number of anilines is 1. The van der Waals surface area contributed by atoms with Gasteiger partial charge < -0.3 is 19.7 Å². The van der Waals surface area contributed by atoms with Crippen molar-refractivity contribution < 1.29 is 14.3 Å². The number of carbonyl (C=O) groups is 1. The molecule has 2 saturated heterocycles. The van der Waals surface area contributed by atoms with E-state index in [1.165, 1.54) is 0 Å². The molecule has 1 aromatic heterocycles. The van der Waals surface area contributed by atoms with Crippen LogP contribution in [0.2, 0.25) is 5.02 Å². The summed E-state index contributed by atoms with van der Waals surface area (Å²) in [6.45, 7) is 2.82. The molecule has 2 fully saturated rings. The molecule has 1 atom stereocenters. The lowest BCUT2D eigenvalue weighted by molar-refractivity contribution is -0.0964. The molecule has 1 aromatic carbocycles. The molecule has 7 nitrogen and oxygen atoms in total. The Hall–Kier alpha value is -2.09. The van der Waals surface area contributed by atoms with Crippen molar-refractivity contribution >= 4 is 23.3 Å². The predicted octanol–water partition coefficient (Wildman–Crippen LogP) is 2.55. The molecule has 2 aliphatic rings. The molecule has 25 heavy (non-hydrogen) atoms. The number of nitrogens with one attached hydrogen (secondary N) is 1. The molecule has 1 unspecified atom stereocenters. The van der Waals surface area contributed by atoms with Crippen LogP contribution in [-0.4, -0.2) is 59.2 Å². The molecular weight excluding hydrogens is 344 g/mol. The van der Waals surface area contributed by atoms with Gasteiger partial charge in [0.25, 0.3) is 0 Å². The number of amides is 2. The van der Waals surface area contributed by atoms with Crippen LogP contribution in [0, 0.1) is 0 Å². The lowest BCUT2D eigenvalue weighted by Crippen LogP contribution is -2.55. The van der Waals surface area contributed by atoms with Gasteiger partial charge in [0.05, 0.1) is 31.1 Å². The van der Waals surface area contributed by atoms with Crippen molar-refractivity contribution in [2.45, 2.75) is 12.0 Å². The first kappa shape index (κ1) is 16.4. The molecule has 8 heteroatoms. The number of nitrogens with zero attached hydrogens (tertiary/aromatic N) is 3. The number of benzene rings is 1. The predicted molar refractivity (Wildman–Crippen MR) is 93.3 cm³/mol. The number of ether oxygens (including phenoxy) is 2. The maximum absolute atomic E-state index is 12.8. The molecule has 0 saturated carbocycles. The molecule has 0 bridgehead atoms. The monoisotopic (exact) mass is 362 g/mol. The highest BCUT2D eigenvalue weighted by Gasteiger charge is 2.41. The maximum atomic E-state index is 12.8. The van der Waals surface area contributed by atoms with Gasteiger partial charge in [0.1, 0.15) is 5.60 Å². The summed E-state index contributed by atoms with van der Waals surface area (Å²) in [5.74, 6) is 0. The molecule has 3 heterocycles. The lowest BCUT2D eigenvalue weighted by Gasteiger charge is -2.39. The minimum atomic E-state index is -0.361. The fourth-order valence-electron chi connectivity index (χ4n) is 3.25. The van der Waals surface area contributed by atoms with Crippen LogP contribution in [0.5, 0.6) is 0 Å². The van der Waals surface area contributed by atoms with E-state index in [2.05, 4.69) is 10.4 Å². The van der Waals surface area contributed by atoms with E-state index < -0.39 is 0 Å². The van der Waals surface area contributed by atoms with Crippen molar-refractivity contribution in [1.82, 2.24) is 14.7 Å². The second-order valence-electron chi connectivity index (χ2n) is 6.30. The summed E-state index contributed by atoms with van der Waals surface area (Å²) in [7, 11) is 0. The van der Waals surface area contributed by atoms with Crippen molar-refractivity contribution in [3.8, 4) is 5.69 Å². The summed E-state index contributed by atoms with van der Waals surface area (Å²) in [6, 6.07) is 6.96. The molecule has 0 aliphatic carbocycles. The van der Waals surface area contributed by atoms with Gasteiger partial charge in [0, 0.05) is 37.0 Å². The standard InChI is InChI=1S/C17H19ClN4O3/c18-13-2-3-14(15(10-13)22-6-1-5-19-22)20-16(23)21-7-9-25-17(11-21)4-8-24-12-17/h1-3,5-6,10H,4,7-9,11-12H2,(H,20,23). The molecule has 4 rings (SSSR count). The Kier molecular flexibility index (Phi) is 4.37. The number of rotatable bonds is 2. The Balaban J connectivity index is 1.53. The van der Waals surface area contributed by atoms with E-state index in [0.29, 0.717) is 43.6 Å². The number of hydrogen-bond acceptors (Lipinski definition) is 4. The van der Waals surface area contributed by atoms with Crippen LogP contribution in [0.1, 0.15) is 6.42 Å². The molecule has 2 aromatic rings. The number of urea groups is 1. The molecule has 1 N–H and O–H groups in total. The zero-order valence-electron chi connectivity index (χ0n) is 13.7. The van der Waals surface area contributed by atoms with E-state index in [-0.39, 0.29) is 11.6 Å². The highest BCUT2D eigenvalue weighted by Crippen LogP contribution is 2.29. The van der Waals surface area contributed by atoms with E-state index in [1.807, 2.05) is 6.07 Å². The van der Waals surface area contributed by atoms with Crippen LogP contribution < -0.4 is 5.32 Å².